The summed E-state index contributed by atoms with van der Waals surface area (Å²) >= 11 is 0. The van der Waals surface area contributed by atoms with Gasteiger partial charge < -0.3 is 15.3 Å². The van der Waals surface area contributed by atoms with Gasteiger partial charge in [0.05, 0.1) is 12.0 Å². The summed E-state index contributed by atoms with van der Waals surface area (Å²) in [6.07, 6.45) is 0.373. The van der Waals surface area contributed by atoms with Crippen LogP contribution in [0.25, 0.3) is 0 Å². The largest absolute Gasteiger partial charge is 0.391 e. The summed E-state index contributed by atoms with van der Waals surface area (Å²) in [5.41, 5.74) is 0.0354. The van der Waals surface area contributed by atoms with Gasteiger partial charge in [0, 0.05) is 26.6 Å². The van der Waals surface area contributed by atoms with Crippen molar-refractivity contribution >= 4 is 11.8 Å². The topological polar surface area (TPSA) is 69.6 Å². The lowest BCUT2D eigenvalue weighted by Gasteiger charge is -2.22. The molecule has 1 fully saturated rings. The first-order valence-electron chi connectivity index (χ1n) is 6.39. The molecule has 0 aromatic rings. The third-order valence-electron chi connectivity index (χ3n) is 3.07. The van der Waals surface area contributed by atoms with E-state index in [0.29, 0.717) is 13.0 Å². The van der Waals surface area contributed by atoms with Crippen LogP contribution in [0.5, 0.6) is 0 Å². The molecule has 0 bridgehead atoms. The normalized spacial score (nSPS) is 22.2. The van der Waals surface area contributed by atoms with Crippen molar-refractivity contribution in [2.45, 2.75) is 39.7 Å². The second kappa shape index (κ2) is 5.69. The van der Waals surface area contributed by atoms with E-state index in [0.717, 1.165) is 0 Å². The molecule has 0 spiro atoms. The standard InChI is InChI=1S/C13H24N2O3/c1-13(2,3)6-10(16)7-14-12(18)9-5-11(17)15(4)8-9/h9-10,16H,5-8H2,1-4H3,(H,14,18). The van der Waals surface area contributed by atoms with E-state index in [1.165, 1.54) is 0 Å². The molecule has 5 heteroatoms. The number of carbonyl (C=O) groups is 2. The Balaban J connectivity index is 2.31. The molecular weight excluding hydrogens is 232 g/mol. The fraction of sp³-hybridized carbons (Fsp3) is 0.846. The average molecular weight is 256 g/mol. The molecule has 2 N–H and O–H groups in total. The van der Waals surface area contributed by atoms with Crippen molar-refractivity contribution in [1.82, 2.24) is 10.2 Å². The summed E-state index contributed by atoms with van der Waals surface area (Å²) in [5, 5.41) is 12.5. The maximum atomic E-state index is 11.8. The molecule has 0 aromatic heterocycles. The molecule has 0 aliphatic carbocycles. The Morgan fingerprint density at radius 1 is 1.56 bits per heavy atom. The van der Waals surface area contributed by atoms with Gasteiger partial charge in [0.1, 0.15) is 0 Å². The highest BCUT2D eigenvalue weighted by molar-refractivity contribution is 5.89. The second-order valence-corrected chi connectivity index (χ2v) is 6.34. The van der Waals surface area contributed by atoms with Crippen LogP contribution in [0.15, 0.2) is 0 Å². The first-order chi connectivity index (χ1) is 8.19. The lowest BCUT2D eigenvalue weighted by Crippen LogP contribution is -2.38. The maximum Gasteiger partial charge on any atom is 0.225 e. The molecule has 1 aliphatic heterocycles. The number of amides is 2. The van der Waals surface area contributed by atoms with E-state index in [2.05, 4.69) is 5.32 Å². The second-order valence-electron chi connectivity index (χ2n) is 6.34. The Morgan fingerprint density at radius 3 is 2.61 bits per heavy atom. The number of rotatable bonds is 4. The van der Waals surface area contributed by atoms with Gasteiger partial charge in [-0.25, -0.2) is 0 Å². The number of hydrogen-bond acceptors (Lipinski definition) is 3. The van der Waals surface area contributed by atoms with E-state index in [1.54, 1.807) is 11.9 Å². The lowest BCUT2D eigenvalue weighted by molar-refractivity contribution is -0.128. The molecule has 2 amide bonds. The van der Waals surface area contributed by atoms with E-state index in [1.807, 2.05) is 20.8 Å². The van der Waals surface area contributed by atoms with Gasteiger partial charge in [0.15, 0.2) is 0 Å². The molecular formula is C13H24N2O3. The van der Waals surface area contributed by atoms with Gasteiger partial charge in [-0.2, -0.15) is 0 Å². The zero-order valence-electron chi connectivity index (χ0n) is 11.7. The van der Waals surface area contributed by atoms with Crippen molar-refractivity contribution in [3.63, 3.8) is 0 Å². The highest BCUT2D eigenvalue weighted by Gasteiger charge is 2.32. The Labute approximate surface area is 109 Å². The van der Waals surface area contributed by atoms with E-state index >= 15 is 0 Å². The van der Waals surface area contributed by atoms with Gasteiger partial charge in [0.25, 0.3) is 0 Å². The Kier molecular flexibility index (Phi) is 4.73. The van der Waals surface area contributed by atoms with E-state index in [4.69, 9.17) is 0 Å². The predicted molar refractivity (Wildman–Crippen MR) is 68.8 cm³/mol. The molecule has 0 radical (unpaired) electrons. The van der Waals surface area contributed by atoms with Crippen molar-refractivity contribution in [1.29, 1.82) is 0 Å². The summed E-state index contributed by atoms with van der Waals surface area (Å²) in [6, 6.07) is 0. The SMILES string of the molecule is CN1CC(C(=O)NCC(O)CC(C)(C)C)CC1=O. The number of nitrogens with one attached hydrogen (secondary N) is 1. The first-order valence-corrected chi connectivity index (χ1v) is 6.39. The first kappa shape index (κ1) is 15.0. The summed E-state index contributed by atoms with van der Waals surface area (Å²) in [5.74, 6) is -0.407. The fourth-order valence-electron chi connectivity index (χ4n) is 2.18. The van der Waals surface area contributed by atoms with E-state index in [9.17, 15) is 14.7 Å². The quantitative estimate of drug-likeness (QED) is 0.764. The Morgan fingerprint density at radius 2 is 2.17 bits per heavy atom. The van der Waals surface area contributed by atoms with Crippen molar-refractivity contribution in [2.75, 3.05) is 20.1 Å². The summed E-state index contributed by atoms with van der Waals surface area (Å²) < 4.78 is 0. The zero-order valence-corrected chi connectivity index (χ0v) is 11.7. The van der Waals surface area contributed by atoms with Crippen LogP contribution in [0.2, 0.25) is 0 Å². The number of hydrogen-bond donors (Lipinski definition) is 2. The molecule has 18 heavy (non-hydrogen) atoms. The monoisotopic (exact) mass is 256 g/mol. The number of aliphatic hydroxyl groups is 1. The molecule has 104 valence electrons. The van der Waals surface area contributed by atoms with Crippen LogP contribution in [0.1, 0.15) is 33.6 Å². The van der Waals surface area contributed by atoms with Crippen LogP contribution in [0.4, 0.5) is 0 Å². The summed E-state index contributed by atoms with van der Waals surface area (Å²) in [7, 11) is 1.70. The van der Waals surface area contributed by atoms with Crippen molar-refractivity contribution in [3.05, 3.63) is 0 Å². The smallest absolute Gasteiger partial charge is 0.225 e. The van der Waals surface area contributed by atoms with Crippen LogP contribution in [-0.4, -0.2) is 48.1 Å². The number of nitrogens with zero attached hydrogens (tertiary/aromatic N) is 1. The van der Waals surface area contributed by atoms with Gasteiger partial charge in [-0.15, -0.1) is 0 Å². The maximum absolute atomic E-state index is 11.8. The third-order valence-corrected chi connectivity index (χ3v) is 3.07. The van der Waals surface area contributed by atoms with Crippen molar-refractivity contribution in [2.24, 2.45) is 11.3 Å². The molecule has 5 nitrogen and oxygen atoms in total. The Hall–Kier alpha value is -1.10. The molecule has 2 atom stereocenters. The van der Waals surface area contributed by atoms with Gasteiger partial charge in [0.2, 0.25) is 11.8 Å². The van der Waals surface area contributed by atoms with Gasteiger partial charge in [-0.3, -0.25) is 9.59 Å². The number of aliphatic hydroxyl groups excluding tert-OH is 1. The fourth-order valence-corrected chi connectivity index (χ4v) is 2.18. The zero-order chi connectivity index (χ0) is 13.9. The van der Waals surface area contributed by atoms with Crippen LogP contribution in [-0.2, 0) is 9.59 Å². The van der Waals surface area contributed by atoms with Crippen LogP contribution in [0.3, 0.4) is 0 Å². The molecule has 1 heterocycles. The molecule has 1 saturated heterocycles. The minimum absolute atomic E-state index is 0.00499. The van der Waals surface area contributed by atoms with Crippen LogP contribution < -0.4 is 5.32 Å². The minimum atomic E-state index is -0.538. The van der Waals surface area contributed by atoms with Gasteiger partial charge in [-0.05, 0) is 11.8 Å². The van der Waals surface area contributed by atoms with Crippen LogP contribution >= 0.6 is 0 Å². The number of carbonyl (C=O) groups excluding carboxylic acids is 2. The summed E-state index contributed by atoms with van der Waals surface area (Å²) in [6.45, 7) is 6.86. The predicted octanol–water partition coefficient (Wildman–Crippen LogP) is 0.378. The highest BCUT2D eigenvalue weighted by atomic mass is 16.3. The number of likely N-dealkylation sites (tertiary alicyclic amines) is 1. The summed E-state index contributed by atoms with van der Waals surface area (Å²) in [4.78, 5) is 24.7. The lowest BCUT2D eigenvalue weighted by atomic mass is 9.89. The van der Waals surface area contributed by atoms with Crippen molar-refractivity contribution < 1.29 is 14.7 Å². The Bertz CT molecular complexity index is 323. The van der Waals surface area contributed by atoms with Gasteiger partial charge in [-0.1, -0.05) is 20.8 Å². The molecule has 1 aliphatic rings. The van der Waals surface area contributed by atoms with E-state index < -0.39 is 6.10 Å². The molecule has 0 aromatic carbocycles. The molecule has 0 saturated carbocycles. The third kappa shape index (κ3) is 4.64. The van der Waals surface area contributed by atoms with Crippen LogP contribution in [0, 0.1) is 11.3 Å². The molecule has 2 unspecified atom stereocenters. The average Bonchev–Trinajstić information content (AvgIpc) is 2.53. The molecule has 1 rings (SSSR count). The minimum Gasteiger partial charge on any atom is -0.391 e. The van der Waals surface area contributed by atoms with Crippen molar-refractivity contribution in [3.8, 4) is 0 Å². The van der Waals surface area contributed by atoms with Gasteiger partial charge >= 0.3 is 0 Å². The highest BCUT2D eigenvalue weighted by Crippen LogP contribution is 2.20. The van der Waals surface area contributed by atoms with E-state index in [-0.39, 0.29) is 36.1 Å².